The molecule has 5 heteroatoms. The van der Waals surface area contributed by atoms with Gasteiger partial charge in [0.15, 0.2) is 5.76 Å². The van der Waals surface area contributed by atoms with E-state index in [0.29, 0.717) is 30.2 Å². The largest absolute Gasteiger partial charge is 0.459 e. The summed E-state index contributed by atoms with van der Waals surface area (Å²) in [6.07, 6.45) is 12.9. The van der Waals surface area contributed by atoms with Crippen LogP contribution in [0.15, 0.2) is 11.8 Å². The van der Waals surface area contributed by atoms with Crippen LogP contribution < -0.4 is 5.32 Å². The number of aliphatic hydroxyl groups excluding tert-OH is 1. The smallest absolute Gasteiger partial charge is 0.286 e. The molecule has 0 unspecified atom stereocenters. The lowest BCUT2D eigenvalue weighted by Crippen LogP contribution is -2.45. The summed E-state index contributed by atoms with van der Waals surface area (Å²) < 4.78 is 11.9. The number of carbonyl (C=O) groups excluding carboxylic acids is 1. The van der Waals surface area contributed by atoms with E-state index >= 15 is 0 Å². The van der Waals surface area contributed by atoms with Gasteiger partial charge in [0.2, 0.25) is 6.29 Å². The number of rotatable bonds is 8. The predicted octanol–water partition coefficient (Wildman–Crippen LogP) is 3.52. The molecule has 5 nitrogen and oxygen atoms in total. The zero-order valence-corrected chi connectivity index (χ0v) is 16.1. The van der Waals surface area contributed by atoms with Crippen molar-refractivity contribution in [2.45, 2.75) is 83.5 Å². The summed E-state index contributed by atoms with van der Waals surface area (Å²) in [4.78, 5) is 12.7. The van der Waals surface area contributed by atoms with Crippen LogP contribution in [0.4, 0.5) is 0 Å². The van der Waals surface area contributed by atoms with E-state index in [9.17, 15) is 9.90 Å². The number of carbonyl (C=O) groups is 1. The maximum absolute atomic E-state index is 12.7. The molecule has 2 fully saturated rings. The molecule has 1 aliphatic heterocycles. The Hall–Kier alpha value is -1.07. The number of ether oxygens (including phenoxy) is 2. The zero-order valence-electron chi connectivity index (χ0n) is 16.1. The van der Waals surface area contributed by atoms with Crippen molar-refractivity contribution in [3.8, 4) is 0 Å². The second-order valence-corrected chi connectivity index (χ2v) is 8.08. The van der Waals surface area contributed by atoms with Crippen LogP contribution in [0, 0.1) is 17.8 Å². The molecule has 0 aromatic rings. The molecule has 3 aliphatic rings. The minimum absolute atomic E-state index is 0.0826. The van der Waals surface area contributed by atoms with Crippen LogP contribution in [0.25, 0.3) is 0 Å². The average Bonchev–Trinajstić information content (AvgIpc) is 2.64. The predicted molar refractivity (Wildman–Crippen MR) is 100 cm³/mol. The molecule has 148 valence electrons. The van der Waals surface area contributed by atoms with Crippen molar-refractivity contribution in [3.05, 3.63) is 11.8 Å². The molecular formula is C21H35NO4. The molecule has 0 spiro atoms. The van der Waals surface area contributed by atoms with Crippen molar-refractivity contribution in [1.29, 1.82) is 0 Å². The minimum Gasteiger partial charge on any atom is -0.459 e. The number of aliphatic hydroxyl groups is 1. The normalized spacial score (nSPS) is 30.2. The van der Waals surface area contributed by atoms with E-state index in [1.165, 1.54) is 38.5 Å². The van der Waals surface area contributed by atoms with E-state index < -0.39 is 0 Å². The Kier molecular flexibility index (Phi) is 7.38. The molecule has 0 aromatic heterocycles. The van der Waals surface area contributed by atoms with E-state index in [2.05, 4.69) is 11.4 Å². The van der Waals surface area contributed by atoms with Gasteiger partial charge in [-0.25, -0.2) is 0 Å². The minimum atomic E-state index is -0.384. The van der Waals surface area contributed by atoms with Crippen LogP contribution in [-0.4, -0.2) is 36.6 Å². The Labute approximate surface area is 157 Å². The number of amides is 1. The highest BCUT2D eigenvalue weighted by molar-refractivity contribution is 5.91. The first-order valence-corrected chi connectivity index (χ1v) is 10.6. The van der Waals surface area contributed by atoms with Crippen LogP contribution >= 0.6 is 0 Å². The summed E-state index contributed by atoms with van der Waals surface area (Å²) in [5.74, 6) is 1.47. The lowest BCUT2D eigenvalue weighted by Gasteiger charge is -2.41. The molecule has 2 N–H and O–H groups in total. The molecule has 2 saturated carbocycles. The van der Waals surface area contributed by atoms with E-state index in [0.717, 1.165) is 25.7 Å². The molecule has 26 heavy (non-hydrogen) atoms. The molecule has 0 saturated heterocycles. The number of allylic oxidation sites excluding steroid dienone is 1. The van der Waals surface area contributed by atoms with Crippen molar-refractivity contribution in [2.75, 3.05) is 13.2 Å². The van der Waals surface area contributed by atoms with Gasteiger partial charge in [-0.3, -0.25) is 4.79 Å². The third-order valence-corrected chi connectivity index (χ3v) is 6.32. The summed E-state index contributed by atoms with van der Waals surface area (Å²) >= 11 is 0. The summed E-state index contributed by atoms with van der Waals surface area (Å²) in [7, 11) is 0. The highest BCUT2D eigenvalue weighted by Crippen LogP contribution is 2.42. The van der Waals surface area contributed by atoms with Gasteiger partial charge in [-0.1, -0.05) is 19.3 Å². The Morgan fingerprint density at radius 3 is 2.62 bits per heavy atom. The lowest BCUT2D eigenvalue weighted by atomic mass is 9.71. The first-order chi connectivity index (χ1) is 12.7. The van der Waals surface area contributed by atoms with Crippen molar-refractivity contribution in [3.63, 3.8) is 0 Å². The highest BCUT2D eigenvalue weighted by Gasteiger charge is 2.41. The maximum atomic E-state index is 12.7. The zero-order chi connectivity index (χ0) is 18.4. The van der Waals surface area contributed by atoms with Crippen molar-refractivity contribution < 1.29 is 19.4 Å². The Balaban J connectivity index is 1.78. The van der Waals surface area contributed by atoms with Gasteiger partial charge < -0.3 is 19.9 Å². The summed E-state index contributed by atoms with van der Waals surface area (Å²) in [5.41, 5.74) is 0. The van der Waals surface area contributed by atoms with Crippen LogP contribution in [0.1, 0.15) is 71.1 Å². The highest BCUT2D eigenvalue weighted by atomic mass is 16.7. The average molecular weight is 366 g/mol. The fourth-order valence-corrected chi connectivity index (χ4v) is 4.65. The molecule has 3 rings (SSSR count). The molecule has 2 aliphatic carbocycles. The van der Waals surface area contributed by atoms with Gasteiger partial charge >= 0.3 is 0 Å². The molecule has 3 atom stereocenters. The van der Waals surface area contributed by atoms with Crippen molar-refractivity contribution >= 4 is 5.91 Å². The number of nitrogens with one attached hydrogen (secondary N) is 1. The Morgan fingerprint density at radius 1 is 1.23 bits per heavy atom. The SMILES string of the molecule is CCO[C@@H]1OC(C(=O)NC2CCC2)=C[C@H](C2CCCCC2)[C@H]1CCCO. The number of hydrogen-bond acceptors (Lipinski definition) is 4. The van der Waals surface area contributed by atoms with Gasteiger partial charge in [0, 0.05) is 25.2 Å². The molecular weight excluding hydrogens is 330 g/mol. The molecule has 0 bridgehead atoms. The quantitative estimate of drug-likeness (QED) is 0.691. The van der Waals surface area contributed by atoms with Crippen LogP contribution in [-0.2, 0) is 14.3 Å². The van der Waals surface area contributed by atoms with Gasteiger partial charge in [0.25, 0.3) is 5.91 Å². The second kappa shape index (κ2) is 9.75. The third kappa shape index (κ3) is 4.80. The van der Waals surface area contributed by atoms with Crippen LogP contribution in [0.5, 0.6) is 0 Å². The van der Waals surface area contributed by atoms with E-state index in [1.54, 1.807) is 0 Å². The fourth-order valence-electron chi connectivity index (χ4n) is 4.65. The van der Waals surface area contributed by atoms with Gasteiger partial charge in [-0.05, 0) is 69.8 Å². The fraction of sp³-hybridized carbons (Fsp3) is 0.857. The number of hydrogen-bond donors (Lipinski definition) is 2. The maximum Gasteiger partial charge on any atom is 0.286 e. The first kappa shape index (κ1) is 19.7. The lowest BCUT2D eigenvalue weighted by molar-refractivity contribution is -0.177. The van der Waals surface area contributed by atoms with Gasteiger partial charge in [0.05, 0.1) is 0 Å². The van der Waals surface area contributed by atoms with Crippen LogP contribution in [0.2, 0.25) is 0 Å². The first-order valence-electron chi connectivity index (χ1n) is 10.6. The molecule has 1 amide bonds. The van der Waals surface area contributed by atoms with Gasteiger partial charge in [-0.2, -0.15) is 0 Å². The Morgan fingerprint density at radius 2 is 2.00 bits per heavy atom. The van der Waals surface area contributed by atoms with E-state index in [1.807, 2.05) is 6.92 Å². The standard InChI is InChI=1S/C21H35NO4/c1-2-25-21-17(12-7-13-23)18(15-8-4-3-5-9-15)14-19(26-21)20(24)22-16-10-6-11-16/h14-18,21,23H,2-13H2,1H3,(H,22,24)/t17-,18-,21-/m1/s1. The van der Waals surface area contributed by atoms with Gasteiger partial charge in [-0.15, -0.1) is 0 Å². The monoisotopic (exact) mass is 365 g/mol. The summed E-state index contributed by atoms with van der Waals surface area (Å²) in [6, 6.07) is 0.304. The van der Waals surface area contributed by atoms with Gasteiger partial charge in [0.1, 0.15) is 0 Å². The van der Waals surface area contributed by atoms with E-state index in [4.69, 9.17) is 9.47 Å². The summed E-state index contributed by atoms with van der Waals surface area (Å²) in [5, 5.41) is 12.4. The van der Waals surface area contributed by atoms with Crippen LogP contribution in [0.3, 0.4) is 0 Å². The van der Waals surface area contributed by atoms with Crippen molar-refractivity contribution in [2.24, 2.45) is 17.8 Å². The second-order valence-electron chi connectivity index (χ2n) is 8.08. The Bertz CT molecular complexity index is 482. The molecule has 0 aromatic carbocycles. The van der Waals surface area contributed by atoms with E-state index in [-0.39, 0.29) is 24.7 Å². The molecule has 1 heterocycles. The third-order valence-electron chi connectivity index (χ3n) is 6.32. The molecule has 0 radical (unpaired) electrons. The topological polar surface area (TPSA) is 67.8 Å². The summed E-state index contributed by atoms with van der Waals surface area (Å²) in [6.45, 7) is 2.72. The van der Waals surface area contributed by atoms with Crippen molar-refractivity contribution in [1.82, 2.24) is 5.32 Å².